The van der Waals surface area contributed by atoms with Crippen LogP contribution in [0.15, 0.2) is 0 Å². The summed E-state index contributed by atoms with van der Waals surface area (Å²) in [5.41, 5.74) is 0. The van der Waals surface area contributed by atoms with Crippen LogP contribution in [0.2, 0.25) is 0 Å². The fourth-order valence-corrected chi connectivity index (χ4v) is 2.99. The maximum Gasteiger partial charge on any atom is 0.218 e. The number of rotatable bonds is 4. The highest BCUT2D eigenvalue weighted by atomic mass is 32.2. The molecule has 1 rings (SSSR count). The molecule has 0 spiro atoms. The lowest BCUT2D eigenvalue weighted by Gasteiger charge is -2.28. The number of nitrogens with zero attached hydrogens (tertiary/aromatic N) is 1. The smallest absolute Gasteiger partial charge is 0.218 e. The fraction of sp³-hybridized carbons (Fsp3) is 1.00. The van der Waals surface area contributed by atoms with Crippen LogP contribution < -0.4 is 5.32 Å². The Labute approximate surface area is 85.5 Å². The molecule has 5 nitrogen and oxygen atoms in total. The van der Waals surface area contributed by atoms with Gasteiger partial charge in [-0.15, -0.1) is 0 Å². The molecule has 0 aromatic rings. The Kier molecular flexibility index (Phi) is 4.31. The Morgan fingerprint density at radius 3 is 2.50 bits per heavy atom. The molecule has 0 radical (unpaired) electrons. The number of hydrogen-bond acceptors (Lipinski definition) is 4. The van der Waals surface area contributed by atoms with Gasteiger partial charge in [0, 0.05) is 19.6 Å². The molecule has 0 saturated carbocycles. The molecular formula is C8H18N2O3S. The van der Waals surface area contributed by atoms with E-state index in [0.29, 0.717) is 32.8 Å². The quantitative estimate of drug-likeness (QED) is 0.680. The van der Waals surface area contributed by atoms with Crippen molar-refractivity contribution in [3.8, 4) is 0 Å². The van der Waals surface area contributed by atoms with Crippen molar-refractivity contribution >= 4 is 10.0 Å². The molecule has 14 heavy (non-hydrogen) atoms. The lowest BCUT2D eigenvalue weighted by Crippen LogP contribution is -2.46. The summed E-state index contributed by atoms with van der Waals surface area (Å²) in [6, 6.07) is 0. The Morgan fingerprint density at radius 2 is 2.00 bits per heavy atom. The van der Waals surface area contributed by atoms with E-state index in [0.717, 1.165) is 0 Å². The SMILES string of the molecule is CNCC(C)S(=O)(=O)N1CCOCC1. The summed E-state index contributed by atoms with van der Waals surface area (Å²) < 4.78 is 30.4. The van der Waals surface area contributed by atoms with Gasteiger partial charge in [0.15, 0.2) is 0 Å². The summed E-state index contributed by atoms with van der Waals surface area (Å²) >= 11 is 0. The monoisotopic (exact) mass is 222 g/mol. The summed E-state index contributed by atoms with van der Waals surface area (Å²) in [4.78, 5) is 0. The third-order valence-electron chi connectivity index (χ3n) is 2.33. The van der Waals surface area contributed by atoms with Gasteiger partial charge in [-0.25, -0.2) is 8.42 Å². The van der Waals surface area contributed by atoms with Crippen molar-refractivity contribution in [1.82, 2.24) is 9.62 Å². The van der Waals surface area contributed by atoms with Crippen LogP contribution in [0.25, 0.3) is 0 Å². The van der Waals surface area contributed by atoms with Crippen LogP contribution in [0.1, 0.15) is 6.92 Å². The first-order valence-electron chi connectivity index (χ1n) is 4.80. The lowest BCUT2D eigenvalue weighted by molar-refractivity contribution is 0.0726. The molecule has 1 unspecified atom stereocenters. The molecular weight excluding hydrogens is 204 g/mol. The molecule has 1 saturated heterocycles. The summed E-state index contributed by atoms with van der Waals surface area (Å²) in [6.07, 6.45) is 0. The van der Waals surface area contributed by atoms with E-state index in [4.69, 9.17) is 4.74 Å². The molecule has 1 N–H and O–H groups in total. The second kappa shape index (κ2) is 5.06. The summed E-state index contributed by atoms with van der Waals surface area (Å²) in [6.45, 7) is 4.19. The average Bonchev–Trinajstić information content (AvgIpc) is 2.19. The standard InChI is InChI=1S/C8H18N2O3S/c1-8(7-9-2)14(11,12)10-3-5-13-6-4-10/h8-9H,3-7H2,1-2H3. The summed E-state index contributed by atoms with van der Waals surface area (Å²) in [5.74, 6) is 0. The Balaban J connectivity index is 2.62. The third-order valence-corrected chi connectivity index (χ3v) is 4.60. The molecule has 0 aliphatic carbocycles. The number of nitrogens with one attached hydrogen (secondary N) is 1. The summed E-state index contributed by atoms with van der Waals surface area (Å²) in [7, 11) is -1.38. The van der Waals surface area contributed by atoms with E-state index in [2.05, 4.69) is 5.32 Å². The minimum Gasteiger partial charge on any atom is -0.379 e. The van der Waals surface area contributed by atoms with Crippen LogP contribution >= 0.6 is 0 Å². The van der Waals surface area contributed by atoms with Crippen LogP contribution in [-0.4, -0.2) is 57.9 Å². The topological polar surface area (TPSA) is 58.6 Å². The van der Waals surface area contributed by atoms with Gasteiger partial charge in [0.1, 0.15) is 0 Å². The van der Waals surface area contributed by atoms with Gasteiger partial charge >= 0.3 is 0 Å². The number of ether oxygens (including phenoxy) is 1. The van der Waals surface area contributed by atoms with Crippen molar-refractivity contribution < 1.29 is 13.2 Å². The zero-order valence-corrected chi connectivity index (χ0v) is 9.51. The van der Waals surface area contributed by atoms with E-state index in [1.807, 2.05) is 0 Å². The Hall–Kier alpha value is -0.170. The van der Waals surface area contributed by atoms with Gasteiger partial charge < -0.3 is 10.1 Å². The molecule has 0 aromatic carbocycles. The first kappa shape index (κ1) is 11.9. The molecule has 0 aromatic heterocycles. The normalized spacial score (nSPS) is 22.1. The zero-order valence-electron chi connectivity index (χ0n) is 8.69. The Morgan fingerprint density at radius 1 is 1.43 bits per heavy atom. The van der Waals surface area contributed by atoms with Crippen molar-refractivity contribution in [2.24, 2.45) is 0 Å². The number of sulfonamides is 1. The second-order valence-electron chi connectivity index (χ2n) is 3.42. The largest absolute Gasteiger partial charge is 0.379 e. The van der Waals surface area contributed by atoms with Crippen LogP contribution in [-0.2, 0) is 14.8 Å². The minimum absolute atomic E-state index is 0.370. The molecule has 1 fully saturated rings. The molecule has 6 heteroatoms. The molecule has 84 valence electrons. The van der Waals surface area contributed by atoms with E-state index >= 15 is 0 Å². The van der Waals surface area contributed by atoms with Gasteiger partial charge in [0.25, 0.3) is 0 Å². The molecule has 0 bridgehead atoms. The highest BCUT2D eigenvalue weighted by molar-refractivity contribution is 7.89. The highest BCUT2D eigenvalue weighted by Gasteiger charge is 2.29. The maximum atomic E-state index is 11.9. The van der Waals surface area contributed by atoms with Crippen molar-refractivity contribution in [2.45, 2.75) is 12.2 Å². The first-order chi connectivity index (χ1) is 6.59. The van der Waals surface area contributed by atoms with Gasteiger partial charge in [0.2, 0.25) is 10.0 Å². The molecule has 1 heterocycles. The van der Waals surface area contributed by atoms with Gasteiger partial charge in [-0.05, 0) is 14.0 Å². The molecule has 1 aliphatic heterocycles. The average molecular weight is 222 g/mol. The van der Waals surface area contributed by atoms with Crippen molar-refractivity contribution in [3.63, 3.8) is 0 Å². The Bertz CT molecular complexity index is 260. The number of morpholine rings is 1. The van der Waals surface area contributed by atoms with Crippen molar-refractivity contribution in [1.29, 1.82) is 0 Å². The predicted octanol–water partition coefficient (Wildman–Crippen LogP) is -0.744. The summed E-state index contributed by atoms with van der Waals surface area (Å²) in [5, 5.41) is 2.51. The first-order valence-corrected chi connectivity index (χ1v) is 6.30. The van der Waals surface area contributed by atoms with Crippen LogP contribution in [0.5, 0.6) is 0 Å². The molecule has 1 aliphatic rings. The van der Waals surface area contributed by atoms with E-state index in [-0.39, 0.29) is 5.25 Å². The molecule has 1 atom stereocenters. The van der Waals surface area contributed by atoms with Crippen LogP contribution in [0.3, 0.4) is 0 Å². The van der Waals surface area contributed by atoms with E-state index in [9.17, 15) is 8.42 Å². The highest BCUT2D eigenvalue weighted by Crippen LogP contribution is 2.10. The number of hydrogen-bond donors (Lipinski definition) is 1. The predicted molar refractivity (Wildman–Crippen MR) is 54.7 cm³/mol. The van der Waals surface area contributed by atoms with Gasteiger partial charge in [-0.2, -0.15) is 4.31 Å². The van der Waals surface area contributed by atoms with Gasteiger partial charge in [-0.1, -0.05) is 0 Å². The zero-order chi connectivity index (χ0) is 10.6. The maximum absolute atomic E-state index is 11.9. The minimum atomic E-state index is -3.13. The second-order valence-corrected chi connectivity index (χ2v) is 5.78. The van der Waals surface area contributed by atoms with E-state index < -0.39 is 10.0 Å². The fourth-order valence-electron chi connectivity index (χ4n) is 1.45. The van der Waals surface area contributed by atoms with Gasteiger partial charge in [-0.3, -0.25) is 0 Å². The van der Waals surface area contributed by atoms with Gasteiger partial charge in [0.05, 0.1) is 18.5 Å². The van der Waals surface area contributed by atoms with Crippen molar-refractivity contribution in [3.05, 3.63) is 0 Å². The van der Waals surface area contributed by atoms with E-state index in [1.165, 1.54) is 4.31 Å². The van der Waals surface area contributed by atoms with Crippen LogP contribution in [0, 0.1) is 0 Å². The lowest BCUT2D eigenvalue weighted by atomic mass is 10.5. The van der Waals surface area contributed by atoms with Crippen LogP contribution in [0.4, 0.5) is 0 Å². The van der Waals surface area contributed by atoms with E-state index in [1.54, 1.807) is 14.0 Å². The van der Waals surface area contributed by atoms with Crippen molar-refractivity contribution in [2.75, 3.05) is 39.9 Å². The third kappa shape index (κ3) is 2.66. The molecule has 0 amide bonds.